The van der Waals surface area contributed by atoms with Crippen LogP contribution in [0.4, 0.5) is 0 Å². The van der Waals surface area contributed by atoms with Crippen LogP contribution in [0.2, 0.25) is 0 Å². The lowest BCUT2D eigenvalue weighted by Gasteiger charge is -2.34. The van der Waals surface area contributed by atoms with E-state index in [0.717, 1.165) is 11.1 Å². The van der Waals surface area contributed by atoms with Crippen molar-refractivity contribution in [1.82, 2.24) is 15.0 Å². The minimum absolute atomic E-state index is 0.0665. The molecule has 1 saturated heterocycles. The molecule has 1 aliphatic rings. The summed E-state index contributed by atoms with van der Waals surface area (Å²) >= 11 is 0. The molecule has 8 nitrogen and oxygen atoms in total. The minimum Gasteiger partial charge on any atom is -0.481 e. The monoisotopic (exact) mass is 373 g/mol. The van der Waals surface area contributed by atoms with Crippen molar-refractivity contribution in [1.29, 1.82) is 0 Å². The fraction of sp³-hybridized carbons (Fsp3) is 0.474. The second-order valence-electron chi connectivity index (χ2n) is 6.59. The van der Waals surface area contributed by atoms with Gasteiger partial charge < -0.3 is 19.3 Å². The number of carboxylic acid groups (broad SMARTS) is 1. The Morgan fingerprint density at radius 3 is 2.93 bits per heavy atom. The molecule has 1 aliphatic heterocycles. The second-order valence-corrected chi connectivity index (χ2v) is 6.59. The fourth-order valence-corrected chi connectivity index (χ4v) is 3.18. The van der Waals surface area contributed by atoms with E-state index in [4.69, 9.17) is 14.4 Å². The van der Waals surface area contributed by atoms with Gasteiger partial charge in [0, 0.05) is 24.9 Å². The molecule has 0 radical (unpaired) electrons. The first kappa shape index (κ1) is 19.0. The van der Waals surface area contributed by atoms with Crippen molar-refractivity contribution in [2.75, 3.05) is 19.8 Å². The largest absolute Gasteiger partial charge is 0.481 e. The van der Waals surface area contributed by atoms with E-state index in [-0.39, 0.29) is 18.9 Å². The molecular formula is C19H23N3O5. The number of carbonyl (C=O) groups is 2. The van der Waals surface area contributed by atoms with E-state index in [9.17, 15) is 9.59 Å². The molecular weight excluding hydrogens is 350 g/mol. The number of ether oxygens (including phenoxy) is 1. The number of morpholine rings is 1. The van der Waals surface area contributed by atoms with Gasteiger partial charge in [-0.1, -0.05) is 29.4 Å². The zero-order valence-corrected chi connectivity index (χ0v) is 15.3. The van der Waals surface area contributed by atoms with E-state index < -0.39 is 12.0 Å². The summed E-state index contributed by atoms with van der Waals surface area (Å²) in [5.41, 5.74) is 1.99. The molecule has 0 unspecified atom stereocenters. The first-order valence-corrected chi connectivity index (χ1v) is 9.02. The smallest absolute Gasteiger partial charge is 0.305 e. The number of amides is 1. The van der Waals surface area contributed by atoms with Crippen LogP contribution in [0, 0.1) is 6.92 Å². The molecule has 0 bridgehead atoms. The zero-order valence-electron chi connectivity index (χ0n) is 15.3. The Hall–Kier alpha value is -2.74. The molecule has 1 atom stereocenters. The molecule has 1 aromatic carbocycles. The summed E-state index contributed by atoms with van der Waals surface area (Å²) in [7, 11) is 0. The topological polar surface area (TPSA) is 106 Å². The highest BCUT2D eigenvalue weighted by Crippen LogP contribution is 2.20. The predicted octanol–water partition coefficient (Wildman–Crippen LogP) is 2.07. The molecule has 0 saturated carbocycles. The molecule has 0 spiro atoms. The Labute approximate surface area is 157 Å². The molecule has 2 aromatic rings. The zero-order chi connectivity index (χ0) is 19.2. The van der Waals surface area contributed by atoms with Gasteiger partial charge in [0.2, 0.25) is 17.6 Å². The third kappa shape index (κ3) is 4.91. The number of carboxylic acids is 1. The molecule has 2 heterocycles. The summed E-state index contributed by atoms with van der Waals surface area (Å²) in [6.45, 7) is 3.11. The SMILES string of the molecule is Cc1ccccc1-c1noc(CCCC(=O)N2CCOC[C@@H]2CC(=O)O)n1. The highest BCUT2D eigenvalue weighted by atomic mass is 16.5. The van der Waals surface area contributed by atoms with E-state index in [1.54, 1.807) is 4.90 Å². The van der Waals surface area contributed by atoms with Gasteiger partial charge in [-0.2, -0.15) is 4.98 Å². The highest BCUT2D eigenvalue weighted by molar-refractivity contribution is 5.77. The third-order valence-electron chi connectivity index (χ3n) is 4.59. The fourth-order valence-electron chi connectivity index (χ4n) is 3.18. The maximum Gasteiger partial charge on any atom is 0.305 e. The van der Waals surface area contributed by atoms with Gasteiger partial charge in [0.15, 0.2) is 0 Å². The van der Waals surface area contributed by atoms with Crippen LogP contribution in [-0.2, 0) is 20.7 Å². The number of nitrogens with zero attached hydrogens (tertiary/aromatic N) is 3. The van der Waals surface area contributed by atoms with Crippen LogP contribution in [0.5, 0.6) is 0 Å². The van der Waals surface area contributed by atoms with Gasteiger partial charge in [-0.15, -0.1) is 0 Å². The Balaban J connectivity index is 1.53. The van der Waals surface area contributed by atoms with Crippen molar-refractivity contribution in [3.05, 3.63) is 35.7 Å². The Kier molecular flexibility index (Phi) is 6.18. The van der Waals surface area contributed by atoms with Crippen LogP contribution >= 0.6 is 0 Å². The van der Waals surface area contributed by atoms with Crippen molar-refractivity contribution >= 4 is 11.9 Å². The van der Waals surface area contributed by atoms with E-state index in [0.29, 0.717) is 44.1 Å². The average Bonchev–Trinajstić information content (AvgIpc) is 3.10. The summed E-state index contributed by atoms with van der Waals surface area (Å²) in [6, 6.07) is 7.40. The number of aromatic nitrogens is 2. The van der Waals surface area contributed by atoms with Crippen LogP contribution in [-0.4, -0.2) is 57.8 Å². The van der Waals surface area contributed by atoms with Gasteiger partial charge in [0.05, 0.1) is 25.7 Å². The van der Waals surface area contributed by atoms with Gasteiger partial charge in [-0.05, 0) is 18.9 Å². The predicted molar refractivity (Wildman–Crippen MR) is 96.0 cm³/mol. The maximum absolute atomic E-state index is 12.5. The first-order valence-electron chi connectivity index (χ1n) is 9.02. The maximum atomic E-state index is 12.5. The van der Waals surface area contributed by atoms with Crippen molar-refractivity contribution in [2.24, 2.45) is 0 Å². The molecule has 144 valence electrons. The standard InChI is InChI=1S/C19H23N3O5/c1-13-5-2-3-6-15(13)19-20-16(27-21-19)7-4-8-17(23)22-9-10-26-12-14(22)11-18(24)25/h2-3,5-6,14H,4,7-12H2,1H3,(H,24,25)/t14-/m0/s1. The van der Waals surface area contributed by atoms with Crippen molar-refractivity contribution in [3.63, 3.8) is 0 Å². The molecule has 1 fully saturated rings. The van der Waals surface area contributed by atoms with E-state index >= 15 is 0 Å². The van der Waals surface area contributed by atoms with Gasteiger partial charge in [-0.25, -0.2) is 0 Å². The Bertz CT molecular complexity index is 804. The van der Waals surface area contributed by atoms with Crippen molar-refractivity contribution < 1.29 is 24.0 Å². The third-order valence-corrected chi connectivity index (χ3v) is 4.59. The van der Waals surface area contributed by atoms with Gasteiger partial charge >= 0.3 is 5.97 Å². The summed E-state index contributed by atoms with van der Waals surface area (Å²) < 4.78 is 10.6. The average molecular weight is 373 g/mol. The number of hydrogen-bond acceptors (Lipinski definition) is 6. The van der Waals surface area contributed by atoms with Crippen molar-refractivity contribution in [3.8, 4) is 11.4 Å². The molecule has 1 N–H and O–H groups in total. The van der Waals surface area contributed by atoms with E-state index in [2.05, 4.69) is 10.1 Å². The lowest BCUT2D eigenvalue weighted by molar-refractivity contribution is -0.146. The first-order chi connectivity index (χ1) is 13.0. The van der Waals surface area contributed by atoms with Crippen LogP contribution in [0.3, 0.4) is 0 Å². The summed E-state index contributed by atoms with van der Waals surface area (Å²) in [4.78, 5) is 29.4. The van der Waals surface area contributed by atoms with E-state index in [1.807, 2.05) is 31.2 Å². The summed E-state index contributed by atoms with van der Waals surface area (Å²) in [5, 5.41) is 13.0. The van der Waals surface area contributed by atoms with Gasteiger partial charge in [0.25, 0.3) is 0 Å². The molecule has 8 heteroatoms. The molecule has 27 heavy (non-hydrogen) atoms. The minimum atomic E-state index is -0.933. The lowest BCUT2D eigenvalue weighted by atomic mass is 10.1. The quantitative estimate of drug-likeness (QED) is 0.792. The molecule has 3 rings (SSSR count). The number of hydrogen-bond donors (Lipinski definition) is 1. The normalized spacial score (nSPS) is 17.1. The van der Waals surface area contributed by atoms with Gasteiger partial charge in [0.1, 0.15) is 0 Å². The highest BCUT2D eigenvalue weighted by Gasteiger charge is 2.28. The Morgan fingerprint density at radius 2 is 2.15 bits per heavy atom. The van der Waals surface area contributed by atoms with Crippen LogP contribution in [0.1, 0.15) is 30.7 Å². The molecule has 0 aliphatic carbocycles. The van der Waals surface area contributed by atoms with Crippen LogP contribution in [0.25, 0.3) is 11.4 Å². The number of rotatable bonds is 7. The number of benzene rings is 1. The number of aliphatic carboxylic acids is 1. The van der Waals surface area contributed by atoms with Gasteiger partial charge in [-0.3, -0.25) is 9.59 Å². The Morgan fingerprint density at radius 1 is 1.33 bits per heavy atom. The van der Waals surface area contributed by atoms with Crippen LogP contribution < -0.4 is 0 Å². The lowest BCUT2D eigenvalue weighted by Crippen LogP contribution is -2.49. The molecule has 1 aromatic heterocycles. The molecule has 1 amide bonds. The number of aryl methyl sites for hydroxylation is 2. The van der Waals surface area contributed by atoms with Crippen molar-refractivity contribution in [2.45, 2.75) is 38.6 Å². The summed E-state index contributed by atoms with van der Waals surface area (Å²) in [6.07, 6.45) is 1.26. The van der Waals surface area contributed by atoms with Crippen LogP contribution in [0.15, 0.2) is 28.8 Å². The second kappa shape index (κ2) is 8.77. The van der Waals surface area contributed by atoms with E-state index in [1.165, 1.54) is 0 Å². The summed E-state index contributed by atoms with van der Waals surface area (Å²) in [5.74, 6) is 0.0373. The number of carbonyl (C=O) groups excluding carboxylic acids is 1.